The first-order chi connectivity index (χ1) is 13.6. The standard InChI is InChI=1S/C21H20N4O2S/c1-2-24-19(18(23-21(24)28)16-9-3-4-11-22-16)17-10-6-12-25(17)15-8-5-7-14(13-15)20(26)27/h3-13,18-19H,2H2,1H3,(H,23,28)(H,26,27)/t18-,19+/m1/s1. The number of pyridine rings is 1. The molecule has 2 aromatic heterocycles. The van der Waals surface area contributed by atoms with E-state index in [2.05, 4.69) is 22.1 Å². The van der Waals surface area contributed by atoms with Gasteiger partial charge in [-0.1, -0.05) is 12.1 Å². The minimum absolute atomic E-state index is 0.0594. The fourth-order valence-corrected chi connectivity index (χ4v) is 4.10. The van der Waals surface area contributed by atoms with Gasteiger partial charge in [-0.3, -0.25) is 4.98 Å². The molecule has 0 amide bonds. The summed E-state index contributed by atoms with van der Waals surface area (Å²) < 4.78 is 2.02. The van der Waals surface area contributed by atoms with Crippen LogP contribution >= 0.6 is 12.2 Å². The Bertz CT molecular complexity index is 1020. The Labute approximate surface area is 168 Å². The van der Waals surface area contributed by atoms with E-state index >= 15 is 0 Å². The maximum Gasteiger partial charge on any atom is 0.335 e. The average molecular weight is 392 g/mol. The molecule has 0 spiro atoms. The third-order valence-electron chi connectivity index (χ3n) is 4.99. The summed E-state index contributed by atoms with van der Waals surface area (Å²) in [5.41, 5.74) is 2.99. The zero-order chi connectivity index (χ0) is 19.7. The Kier molecular flexibility index (Phi) is 4.83. The monoisotopic (exact) mass is 392 g/mol. The minimum atomic E-state index is -0.944. The summed E-state index contributed by atoms with van der Waals surface area (Å²) >= 11 is 5.58. The molecule has 2 atom stereocenters. The Balaban J connectivity index is 1.81. The Morgan fingerprint density at radius 1 is 1.21 bits per heavy atom. The van der Waals surface area contributed by atoms with E-state index < -0.39 is 5.97 Å². The molecule has 1 aromatic carbocycles. The maximum atomic E-state index is 11.4. The SMILES string of the molecule is CCN1C(=S)N[C@H](c2ccccn2)[C@@H]1c1cccn1-c1cccc(C(=O)O)c1. The molecule has 1 aliphatic rings. The number of nitrogens with zero attached hydrogens (tertiary/aromatic N) is 3. The van der Waals surface area contributed by atoms with Crippen LogP contribution in [-0.4, -0.2) is 37.2 Å². The number of aromatic nitrogens is 2. The van der Waals surface area contributed by atoms with Crippen molar-refractivity contribution in [3.63, 3.8) is 0 Å². The highest BCUT2D eigenvalue weighted by Crippen LogP contribution is 2.39. The van der Waals surface area contributed by atoms with E-state index in [1.165, 1.54) is 0 Å². The number of carbonyl (C=O) groups is 1. The van der Waals surface area contributed by atoms with Crippen LogP contribution in [0.2, 0.25) is 0 Å². The average Bonchev–Trinajstić information content (AvgIpc) is 3.32. The van der Waals surface area contributed by atoms with Gasteiger partial charge in [0, 0.05) is 30.3 Å². The van der Waals surface area contributed by atoms with Gasteiger partial charge in [0.15, 0.2) is 5.11 Å². The van der Waals surface area contributed by atoms with Gasteiger partial charge in [-0.25, -0.2) is 4.79 Å². The zero-order valence-electron chi connectivity index (χ0n) is 15.3. The van der Waals surface area contributed by atoms with Crippen molar-refractivity contribution in [1.29, 1.82) is 0 Å². The Morgan fingerprint density at radius 3 is 2.79 bits per heavy atom. The van der Waals surface area contributed by atoms with Gasteiger partial charge in [0.1, 0.15) is 0 Å². The quantitative estimate of drug-likeness (QED) is 0.647. The van der Waals surface area contributed by atoms with E-state index in [4.69, 9.17) is 12.2 Å². The lowest BCUT2D eigenvalue weighted by Crippen LogP contribution is -2.30. The molecule has 142 valence electrons. The summed E-state index contributed by atoms with van der Waals surface area (Å²) in [4.78, 5) is 18.1. The van der Waals surface area contributed by atoms with Gasteiger partial charge in [0.05, 0.1) is 23.3 Å². The minimum Gasteiger partial charge on any atom is -0.478 e. The van der Waals surface area contributed by atoms with Crippen LogP contribution < -0.4 is 5.32 Å². The third kappa shape index (κ3) is 3.14. The Morgan fingerprint density at radius 2 is 2.07 bits per heavy atom. The Hall–Kier alpha value is -3.19. The van der Waals surface area contributed by atoms with E-state index in [1.807, 2.05) is 47.2 Å². The molecule has 7 heteroatoms. The van der Waals surface area contributed by atoms with Crippen molar-refractivity contribution >= 4 is 23.3 Å². The summed E-state index contributed by atoms with van der Waals surface area (Å²) in [5, 5.41) is 13.4. The number of carboxylic acid groups (broad SMARTS) is 1. The second kappa shape index (κ2) is 7.44. The van der Waals surface area contributed by atoms with Crippen molar-refractivity contribution in [3.8, 4) is 5.69 Å². The van der Waals surface area contributed by atoms with Crippen LogP contribution in [0.4, 0.5) is 0 Å². The van der Waals surface area contributed by atoms with E-state index in [0.717, 1.165) is 23.6 Å². The summed E-state index contributed by atoms with van der Waals surface area (Å²) in [5.74, 6) is -0.944. The predicted molar refractivity (Wildman–Crippen MR) is 111 cm³/mol. The number of aromatic carboxylic acids is 1. The first kappa shape index (κ1) is 18.2. The molecule has 1 fully saturated rings. The van der Waals surface area contributed by atoms with Crippen molar-refractivity contribution in [1.82, 2.24) is 19.8 Å². The number of hydrogen-bond acceptors (Lipinski definition) is 3. The van der Waals surface area contributed by atoms with E-state index in [1.54, 1.807) is 24.4 Å². The van der Waals surface area contributed by atoms with Crippen LogP contribution in [0.3, 0.4) is 0 Å². The van der Waals surface area contributed by atoms with Crippen molar-refractivity contribution in [2.24, 2.45) is 0 Å². The van der Waals surface area contributed by atoms with Crippen LogP contribution in [-0.2, 0) is 0 Å². The molecule has 1 aliphatic heterocycles. The molecule has 0 radical (unpaired) electrons. The van der Waals surface area contributed by atoms with Crippen molar-refractivity contribution in [2.45, 2.75) is 19.0 Å². The lowest BCUT2D eigenvalue weighted by Gasteiger charge is -2.28. The first-order valence-electron chi connectivity index (χ1n) is 9.09. The fraction of sp³-hybridized carbons (Fsp3) is 0.190. The van der Waals surface area contributed by atoms with Gasteiger partial charge in [0.25, 0.3) is 0 Å². The molecular formula is C21H20N4O2S. The normalized spacial score (nSPS) is 18.9. The zero-order valence-corrected chi connectivity index (χ0v) is 16.1. The topological polar surface area (TPSA) is 70.4 Å². The summed E-state index contributed by atoms with van der Waals surface area (Å²) in [6, 6.07) is 16.6. The lowest BCUT2D eigenvalue weighted by molar-refractivity contribution is 0.0697. The smallest absolute Gasteiger partial charge is 0.335 e. The first-order valence-corrected chi connectivity index (χ1v) is 9.50. The highest BCUT2D eigenvalue weighted by molar-refractivity contribution is 7.80. The lowest BCUT2D eigenvalue weighted by atomic mass is 10.0. The summed E-state index contributed by atoms with van der Waals surface area (Å²) in [6.45, 7) is 2.82. The van der Waals surface area contributed by atoms with Crippen LogP contribution in [0.5, 0.6) is 0 Å². The largest absolute Gasteiger partial charge is 0.478 e. The second-order valence-corrected chi connectivity index (χ2v) is 6.96. The predicted octanol–water partition coefficient (Wildman–Crippen LogP) is 3.56. The number of carboxylic acids is 1. The van der Waals surface area contributed by atoms with Crippen LogP contribution in [0.15, 0.2) is 67.0 Å². The molecule has 4 rings (SSSR count). The van der Waals surface area contributed by atoms with Gasteiger partial charge in [-0.15, -0.1) is 0 Å². The van der Waals surface area contributed by atoms with Gasteiger partial charge in [0.2, 0.25) is 0 Å². The van der Waals surface area contributed by atoms with Gasteiger partial charge >= 0.3 is 5.97 Å². The molecule has 6 nitrogen and oxygen atoms in total. The number of thiocarbonyl (C=S) groups is 1. The fourth-order valence-electron chi connectivity index (χ4n) is 3.73. The van der Waals surface area contributed by atoms with E-state index in [0.29, 0.717) is 5.11 Å². The molecule has 1 saturated heterocycles. The van der Waals surface area contributed by atoms with Crippen molar-refractivity contribution in [2.75, 3.05) is 6.54 Å². The number of benzene rings is 1. The highest BCUT2D eigenvalue weighted by atomic mass is 32.1. The molecule has 0 unspecified atom stereocenters. The summed E-state index contributed by atoms with van der Waals surface area (Å²) in [7, 11) is 0. The van der Waals surface area contributed by atoms with Crippen LogP contribution in [0, 0.1) is 0 Å². The molecular weight excluding hydrogens is 372 g/mol. The molecule has 0 bridgehead atoms. The van der Waals surface area contributed by atoms with Gasteiger partial charge in [-0.05, 0) is 61.6 Å². The highest BCUT2D eigenvalue weighted by Gasteiger charge is 2.40. The number of rotatable bonds is 5. The molecule has 3 heterocycles. The van der Waals surface area contributed by atoms with Crippen molar-refractivity contribution in [3.05, 3.63) is 83.9 Å². The number of hydrogen-bond donors (Lipinski definition) is 2. The summed E-state index contributed by atoms with van der Waals surface area (Å²) in [6.07, 6.45) is 3.72. The van der Waals surface area contributed by atoms with Crippen molar-refractivity contribution < 1.29 is 9.90 Å². The maximum absolute atomic E-state index is 11.4. The van der Waals surface area contributed by atoms with Crippen LogP contribution in [0.25, 0.3) is 5.69 Å². The van der Waals surface area contributed by atoms with Gasteiger partial charge < -0.3 is 19.9 Å². The second-order valence-electron chi connectivity index (χ2n) is 6.57. The van der Waals surface area contributed by atoms with E-state index in [-0.39, 0.29) is 17.6 Å². The molecule has 0 aliphatic carbocycles. The number of nitrogens with one attached hydrogen (secondary N) is 1. The number of likely N-dealkylation sites (N-methyl/N-ethyl adjacent to an activating group) is 1. The third-order valence-corrected chi connectivity index (χ3v) is 5.35. The van der Waals surface area contributed by atoms with Crippen LogP contribution in [0.1, 0.15) is 40.8 Å². The molecule has 3 aromatic rings. The molecule has 0 saturated carbocycles. The van der Waals surface area contributed by atoms with Gasteiger partial charge in [-0.2, -0.15) is 0 Å². The van der Waals surface area contributed by atoms with E-state index in [9.17, 15) is 9.90 Å². The molecule has 2 N–H and O–H groups in total. The molecule has 28 heavy (non-hydrogen) atoms.